The molecule has 2 heterocycles. The molecule has 1 atom stereocenters. The lowest BCUT2D eigenvalue weighted by Gasteiger charge is -2.10. The van der Waals surface area contributed by atoms with Crippen LogP contribution in [0.15, 0.2) is 17.2 Å². The van der Waals surface area contributed by atoms with Gasteiger partial charge in [0.25, 0.3) is 0 Å². The Morgan fingerprint density at radius 2 is 2.33 bits per heavy atom. The van der Waals surface area contributed by atoms with E-state index in [2.05, 4.69) is 0 Å². The quantitative estimate of drug-likeness (QED) is 0.780. The van der Waals surface area contributed by atoms with Crippen molar-refractivity contribution in [3.05, 3.63) is 18.0 Å². The van der Waals surface area contributed by atoms with E-state index in [1.165, 1.54) is 12.3 Å². The number of carbonyl (C=O) groups excluding carboxylic acids is 1. The van der Waals surface area contributed by atoms with Crippen molar-refractivity contribution in [3.63, 3.8) is 0 Å². The summed E-state index contributed by atoms with van der Waals surface area (Å²) in [5.41, 5.74) is 0.208. The molecule has 8 heteroatoms. The van der Waals surface area contributed by atoms with E-state index in [9.17, 15) is 13.2 Å². The maximum Gasteiger partial charge on any atom is 0.354 e. The number of nitrogens with two attached hydrogens (primary N) is 1. The van der Waals surface area contributed by atoms with Crippen molar-refractivity contribution in [2.45, 2.75) is 31.2 Å². The van der Waals surface area contributed by atoms with Crippen LogP contribution in [0.4, 0.5) is 0 Å². The first-order chi connectivity index (χ1) is 9.91. The van der Waals surface area contributed by atoms with Gasteiger partial charge in [-0.2, -0.15) is 0 Å². The first-order valence-corrected chi connectivity index (χ1v) is 8.44. The van der Waals surface area contributed by atoms with E-state index in [0.717, 1.165) is 12.8 Å². The molecule has 21 heavy (non-hydrogen) atoms. The standard InChI is InChI=1S/C13H20N2O5S/c1-2-4-15-7-11(21(14,17)18)6-12(15)13(16)20-9-10-3-5-19-8-10/h6-7,10H,2-5,8-9H2,1H3,(H2,14,17,18). The largest absolute Gasteiger partial charge is 0.461 e. The zero-order valence-electron chi connectivity index (χ0n) is 11.9. The summed E-state index contributed by atoms with van der Waals surface area (Å²) >= 11 is 0. The van der Waals surface area contributed by atoms with Crippen molar-refractivity contribution in [2.24, 2.45) is 11.1 Å². The summed E-state index contributed by atoms with van der Waals surface area (Å²) in [5, 5.41) is 5.10. The molecular formula is C13H20N2O5S. The highest BCUT2D eigenvalue weighted by Crippen LogP contribution is 2.17. The van der Waals surface area contributed by atoms with Crippen molar-refractivity contribution >= 4 is 16.0 Å². The van der Waals surface area contributed by atoms with Crippen LogP contribution in [0.2, 0.25) is 0 Å². The van der Waals surface area contributed by atoms with Crippen molar-refractivity contribution in [2.75, 3.05) is 19.8 Å². The molecule has 0 amide bonds. The molecule has 0 saturated carbocycles. The van der Waals surface area contributed by atoms with E-state index >= 15 is 0 Å². The zero-order valence-corrected chi connectivity index (χ0v) is 12.8. The zero-order chi connectivity index (χ0) is 15.5. The van der Waals surface area contributed by atoms with Gasteiger partial charge in [-0.05, 0) is 18.9 Å². The number of esters is 1. The molecule has 0 aromatic carbocycles. The second-order valence-corrected chi connectivity index (χ2v) is 6.69. The third kappa shape index (κ3) is 4.05. The molecule has 1 unspecified atom stereocenters. The first kappa shape index (κ1) is 16.0. The highest BCUT2D eigenvalue weighted by molar-refractivity contribution is 7.89. The molecule has 0 aliphatic carbocycles. The average Bonchev–Trinajstić information content (AvgIpc) is 3.04. The molecule has 7 nitrogen and oxygen atoms in total. The second kappa shape index (κ2) is 6.59. The minimum absolute atomic E-state index is 0.0768. The van der Waals surface area contributed by atoms with Gasteiger partial charge < -0.3 is 14.0 Å². The molecule has 2 rings (SSSR count). The average molecular weight is 316 g/mol. The van der Waals surface area contributed by atoms with Gasteiger partial charge in [0.15, 0.2) is 0 Å². The van der Waals surface area contributed by atoms with Crippen LogP contribution in [0.1, 0.15) is 30.3 Å². The molecule has 118 valence electrons. The lowest BCUT2D eigenvalue weighted by molar-refractivity contribution is 0.0415. The summed E-state index contributed by atoms with van der Waals surface area (Å²) in [5.74, 6) is -0.327. The molecule has 0 bridgehead atoms. The number of aryl methyl sites for hydroxylation is 1. The minimum atomic E-state index is -3.84. The molecule has 1 aliphatic heterocycles. The molecule has 2 N–H and O–H groups in total. The summed E-state index contributed by atoms with van der Waals surface area (Å²) in [6, 6.07) is 1.26. The Bertz CT molecular complexity index is 602. The number of hydrogen-bond donors (Lipinski definition) is 1. The summed E-state index contributed by atoms with van der Waals surface area (Å²) in [6.45, 7) is 4.00. The van der Waals surface area contributed by atoms with E-state index in [1.54, 1.807) is 4.57 Å². The molecule has 1 saturated heterocycles. The maximum atomic E-state index is 12.1. The molecule has 1 aromatic rings. The van der Waals surface area contributed by atoms with Gasteiger partial charge in [0, 0.05) is 25.3 Å². The highest BCUT2D eigenvalue weighted by atomic mass is 32.2. The summed E-state index contributed by atoms with van der Waals surface area (Å²) in [4.78, 5) is 12.0. The van der Waals surface area contributed by atoms with E-state index < -0.39 is 16.0 Å². The Hall–Kier alpha value is -1.38. The van der Waals surface area contributed by atoms with Gasteiger partial charge in [0.2, 0.25) is 10.0 Å². The highest BCUT2D eigenvalue weighted by Gasteiger charge is 2.22. The monoisotopic (exact) mass is 316 g/mol. The fraction of sp³-hybridized carbons (Fsp3) is 0.615. The van der Waals surface area contributed by atoms with Gasteiger partial charge in [0.1, 0.15) is 10.6 Å². The third-order valence-electron chi connectivity index (χ3n) is 3.35. The van der Waals surface area contributed by atoms with Crippen LogP contribution in [0, 0.1) is 5.92 Å². The Kier molecular flexibility index (Phi) is 5.02. The first-order valence-electron chi connectivity index (χ1n) is 6.89. The summed E-state index contributed by atoms with van der Waals surface area (Å²) < 4.78 is 34.8. The molecule has 0 spiro atoms. The SMILES string of the molecule is CCCn1cc(S(N)(=O)=O)cc1C(=O)OCC1CCOC1. The van der Waals surface area contributed by atoms with Crippen molar-refractivity contribution in [1.82, 2.24) is 4.57 Å². The van der Waals surface area contributed by atoms with Crippen LogP contribution in [-0.2, 0) is 26.0 Å². The van der Waals surface area contributed by atoms with E-state index in [4.69, 9.17) is 14.6 Å². The van der Waals surface area contributed by atoms with E-state index in [1.807, 2.05) is 6.92 Å². The molecule has 1 fully saturated rings. The topological polar surface area (TPSA) is 101 Å². The van der Waals surface area contributed by atoms with Crippen LogP contribution in [0.5, 0.6) is 0 Å². The number of hydrogen-bond acceptors (Lipinski definition) is 5. The maximum absolute atomic E-state index is 12.1. The van der Waals surface area contributed by atoms with E-state index in [0.29, 0.717) is 19.8 Å². The second-order valence-electron chi connectivity index (χ2n) is 5.13. The number of aromatic nitrogens is 1. The van der Waals surface area contributed by atoms with Gasteiger partial charge >= 0.3 is 5.97 Å². The fourth-order valence-electron chi connectivity index (χ4n) is 2.22. The van der Waals surface area contributed by atoms with Gasteiger partial charge in [-0.25, -0.2) is 18.4 Å². The van der Waals surface area contributed by atoms with Gasteiger partial charge in [-0.1, -0.05) is 6.92 Å². The predicted molar refractivity (Wildman–Crippen MR) is 75.3 cm³/mol. The van der Waals surface area contributed by atoms with E-state index in [-0.39, 0.29) is 23.1 Å². The van der Waals surface area contributed by atoms with Crippen LogP contribution in [0.25, 0.3) is 0 Å². The van der Waals surface area contributed by atoms with Gasteiger partial charge in [0.05, 0.1) is 13.2 Å². The fourth-order valence-corrected chi connectivity index (χ4v) is 2.77. The Balaban J connectivity index is 2.12. The molecule has 1 aliphatic rings. The number of carbonyl (C=O) groups is 1. The number of rotatable bonds is 6. The Labute approximate surface area is 124 Å². The smallest absolute Gasteiger partial charge is 0.354 e. The summed E-state index contributed by atoms with van der Waals surface area (Å²) in [6.07, 6.45) is 3.00. The van der Waals surface area contributed by atoms with Crippen LogP contribution in [0.3, 0.4) is 0 Å². The van der Waals surface area contributed by atoms with Crippen molar-refractivity contribution < 1.29 is 22.7 Å². The minimum Gasteiger partial charge on any atom is -0.461 e. The number of sulfonamides is 1. The number of primary sulfonamides is 1. The van der Waals surface area contributed by atoms with Crippen LogP contribution >= 0.6 is 0 Å². The normalized spacial score (nSPS) is 18.9. The van der Waals surface area contributed by atoms with Crippen LogP contribution in [-0.4, -0.2) is 38.8 Å². The lowest BCUT2D eigenvalue weighted by atomic mass is 10.1. The number of ether oxygens (including phenoxy) is 2. The van der Waals surface area contributed by atoms with Crippen molar-refractivity contribution in [1.29, 1.82) is 0 Å². The van der Waals surface area contributed by atoms with Crippen LogP contribution < -0.4 is 5.14 Å². The van der Waals surface area contributed by atoms with Gasteiger partial charge in [-0.3, -0.25) is 0 Å². The molecule has 1 aromatic heterocycles. The van der Waals surface area contributed by atoms with Crippen molar-refractivity contribution in [3.8, 4) is 0 Å². The molecule has 0 radical (unpaired) electrons. The number of nitrogens with zero attached hydrogens (tertiary/aromatic N) is 1. The predicted octanol–water partition coefficient (Wildman–Crippen LogP) is 0.739. The third-order valence-corrected chi connectivity index (χ3v) is 4.23. The molecular weight excluding hydrogens is 296 g/mol. The Morgan fingerprint density at radius 3 is 2.90 bits per heavy atom. The Morgan fingerprint density at radius 1 is 1.57 bits per heavy atom. The summed E-state index contributed by atoms with van der Waals surface area (Å²) in [7, 11) is -3.84. The lowest BCUT2D eigenvalue weighted by Crippen LogP contribution is -2.17. The van der Waals surface area contributed by atoms with Gasteiger partial charge in [-0.15, -0.1) is 0 Å².